The zero-order valence-electron chi connectivity index (χ0n) is 25.5. The van der Waals surface area contributed by atoms with E-state index in [1.807, 2.05) is 20.8 Å². The highest BCUT2D eigenvalue weighted by molar-refractivity contribution is 6.31. The molecule has 2 aromatic rings. The number of nitrogens with two attached hydrogens (primary N) is 1. The van der Waals surface area contributed by atoms with Crippen LogP contribution >= 0.6 is 11.6 Å². The first-order valence-corrected chi connectivity index (χ1v) is 14.7. The Hall–Kier alpha value is -2.64. The molecular weight excluding hydrogens is 582 g/mol. The van der Waals surface area contributed by atoms with Crippen LogP contribution in [-0.2, 0) is 33.2 Å². The molecule has 0 radical (unpaired) electrons. The highest BCUT2D eigenvalue weighted by atomic mass is 35.5. The van der Waals surface area contributed by atoms with Gasteiger partial charge in [0.05, 0.1) is 84.8 Å². The average molecular weight is 628 g/mol. The van der Waals surface area contributed by atoms with Gasteiger partial charge in [0, 0.05) is 16.8 Å². The molecule has 0 bridgehead atoms. The third-order valence-electron chi connectivity index (χ3n) is 5.24. The second-order valence-corrected chi connectivity index (χ2v) is 10.6. The Morgan fingerprint density at radius 3 is 1.40 bits per heavy atom. The van der Waals surface area contributed by atoms with Gasteiger partial charge in [0.1, 0.15) is 30.3 Å². The average Bonchev–Trinajstić information content (AvgIpc) is 2.94. The van der Waals surface area contributed by atoms with Gasteiger partial charge in [-0.05, 0) is 57.2 Å². The Balaban J connectivity index is 1.27. The Morgan fingerprint density at radius 2 is 1.00 bits per heavy atom. The lowest BCUT2D eigenvalue weighted by Crippen LogP contribution is -2.23. The predicted octanol–water partition coefficient (Wildman–Crippen LogP) is 4.43. The van der Waals surface area contributed by atoms with Crippen molar-refractivity contribution in [2.24, 2.45) is 0 Å². The van der Waals surface area contributed by atoms with Crippen molar-refractivity contribution < 1.29 is 47.4 Å². The fraction of sp³-hybridized carbons (Fsp3) is 0.581. The number of hydrogen-bond acceptors (Lipinski definition) is 11. The van der Waals surface area contributed by atoms with Crippen LogP contribution in [0.5, 0.6) is 11.5 Å². The Kier molecular flexibility index (Phi) is 18.7. The van der Waals surface area contributed by atoms with Crippen LogP contribution in [0.15, 0.2) is 42.5 Å². The molecular formula is C31H46ClNO10. The third kappa shape index (κ3) is 19.3. The zero-order valence-corrected chi connectivity index (χ0v) is 26.2. The van der Waals surface area contributed by atoms with Crippen molar-refractivity contribution in [1.82, 2.24) is 0 Å². The number of halogens is 1. The summed E-state index contributed by atoms with van der Waals surface area (Å²) in [5, 5.41) is 0.535. The molecule has 2 N–H and O–H groups in total. The van der Waals surface area contributed by atoms with Crippen LogP contribution in [0.2, 0.25) is 5.02 Å². The number of ether oxygens (including phenoxy) is 9. The van der Waals surface area contributed by atoms with E-state index in [0.29, 0.717) is 120 Å². The van der Waals surface area contributed by atoms with Gasteiger partial charge in [0.25, 0.3) is 0 Å². The Labute approximate surface area is 259 Å². The minimum absolute atomic E-state index is 0.359. The summed E-state index contributed by atoms with van der Waals surface area (Å²) in [5.41, 5.74) is 6.23. The molecule has 12 heteroatoms. The molecule has 2 rings (SSSR count). The van der Waals surface area contributed by atoms with E-state index in [9.17, 15) is 4.79 Å². The summed E-state index contributed by atoms with van der Waals surface area (Å²) in [6.07, 6.45) is 0. The normalized spacial score (nSPS) is 11.4. The van der Waals surface area contributed by atoms with Gasteiger partial charge in [-0.1, -0.05) is 11.6 Å². The van der Waals surface area contributed by atoms with Crippen LogP contribution in [0.25, 0.3) is 0 Å². The molecule has 2 aromatic carbocycles. The van der Waals surface area contributed by atoms with E-state index in [1.165, 1.54) is 0 Å². The summed E-state index contributed by atoms with van der Waals surface area (Å²) in [4.78, 5) is 12.0. The zero-order chi connectivity index (χ0) is 31.2. The molecule has 0 saturated heterocycles. The van der Waals surface area contributed by atoms with Crippen LogP contribution in [0.3, 0.4) is 0 Å². The van der Waals surface area contributed by atoms with Crippen molar-refractivity contribution in [2.45, 2.75) is 26.4 Å². The largest absolute Gasteiger partial charge is 0.491 e. The number of esters is 1. The molecule has 0 aromatic heterocycles. The number of benzene rings is 2. The maximum absolute atomic E-state index is 12.0. The summed E-state index contributed by atoms with van der Waals surface area (Å²) in [5.74, 6) is 0.916. The molecule has 0 spiro atoms. The van der Waals surface area contributed by atoms with Gasteiger partial charge >= 0.3 is 5.97 Å². The second-order valence-electron chi connectivity index (χ2n) is 10.1. The monoisotopic (exact) mass is 627 g/mol. The molecule has 0 fully saturated rings. The van der Waals surface area contributed by atoms with Gasteiger partial charge in [0.15, 0.2) is 0 Å². The van der Waals surface area contributed by atoms with E-state index in [4.69, 9.17) is 60.0 Å². The number of anilines is 1. The van der Waals surface area contributed by atoms with E-state index in [-0.39, 0.29) is 5.97 Å². The second kappa shape index (κ2) is 22.0. The quantitative estimate of drug-likeness (QED) is 0.101. The van der Waals surface area contributed by atoms with Gasteiger partial charge in [0.2, 0.25) is 0 Å². The van der Waals surface area contributed by atoms with Crippen molar-refractivity contribution in [3.05, 3.63) is 53.1 Å². The highest BCUT2D eigenvalue weighted by Crippen LogP contribution is 2.22. The van der Waals surface area contributed by atoms with Crippen LogP contribution < -0.4 is 15.2 Å². The summed E-state index contributed by atoms with van der Waals surface area (Å²) >= 11 is 5.93. The fourth-order valence-corrected chi connectivity index (χ4v) is 3.56. The first kappa shape index (κ1) is 36.6. The minimum atomic E-state index is -0.529. The van der Waals surface area contributed by atoms with E-state index >= 15 is 0 Å². The topological polar surface area (TPSA) is 126 Å². The van der Waals surface area contributed by atoms with Gasteiger partial charge in [-0.25, -0.2) is 4.79 Å². The van der Waals surface area contributed by atoms with E-state index < -0.39 is 5.60 Å². The molecule has 11 nitrogen and oxygen atoms in total. The number of rotatable bonds is 24. The molecule has 43 heavy (non-hydrogen) atoms. The van der Waals surface area contributed by atoms with Crippen molar-refractivity contribution in [2.75, 3.05) is 98.2 Å². The van der Waals surface area contributed by atoms with Gasteiger partial charge < -0.3 is 48.4 Å². The molecule has 0 aliphatic heterocycles. The van der Waals surface area contributed by atoms with E-state index in [0.717, 1.165) is 0 Å². The molecule has 242 valence electrons. The van der Waals surface area contributed by atoms with Crippen molar-refractivity contribution in [3.63, 3.8) is 0 Å². The van der Waals surface area contributed by atoms with Crippen molar-refractivity contribution in [3.8, 4) is 11.5 Å². The standard InChI is InChI=1S/C31H46ClNO10/c1-31(2,3)43-30(34)25-4-6-28(7-5-25)41-20-18-39-16-14-37-12-10-35-8-9-36-11-13-38-15-17-40-19-21-42-29-23-26(32)22-27(33)24-29/h4-7,22-24H,8-21,33H2,1-3H3. The van der Waals surface area contributed by atoms with Crippen LogP contribution in [0, 0.1) is 0 Å². The third-order valence-corrected chi connectivity index (χ3v) is 5.45. The summed E-state index contributed by atoms with van der Waals surface area (Å²) in [7, 11) is 0. The number of carbonyl (C=O) groups is 1. The smallest absolute Gasteiger partial charge is 0.338 e. The lowest BCUT2D eigenvalue weighted by Gasteiger charge is -2.19. The van der Waals surface area contributed by atoms with E-state index in [2.05, 4.69) is 0 Å². The van der Waals surface area contributed by atoms with Gasteiger partial charge in [-0.2, -0.15) is 0 Å². The summed E-state index contributed by atoms with van der Waals surface area (Å²) in [6.45, 7) is 11.9. The predicted molar refractivity (Wildman–Crippen MR) is 163 cm³/mol. The SMILES string of the molecule is CC(C)(C)OC(=O)c1ccc(OCCOCCOCCOCCOCCOCCOCCOc2cc(N)cc(Cl)c2)cc1. The van der Waals surface area contributed by atoms with E-state index in [1.54, 1.807) is 42.5 Å². The van der Waals surface area contributed by atoms with Gasteiger partial charge in [-0.15, -0.1) is 0 Å². The maximum atomic E-state index is 12.0. The van der Waals surface area contributed by atoms with Crippen molar-refractivity contribution >= 4 is 23.3 Å². The molecule has 0 unspecified atom stereocenters. The molecule has 0 heterocycles. The summed E-state index contributed by atoms with van der Waals surface area (Å²) < 4.78 is 49.4. The van der Waals surface area contributed by atoms with Crippen LogP contribution in [-0.4, -0.2) is 104 Å². The molecule has 0 aliphatic rings. The lowest BCUT2D eigenvalue weighted by atomic mass is 10.1. The van der Waals surface area contributed by atoms with Crippen LogP contribution in [0.1, 0.15) is 31.1 Å². The molecule has 0 atom stereocenters. The lowest BCUT2D eigenvalue weighted by molar-refractivity contribution is -0.0187. The molecule has 0 amide bonds. The first-order chi connectivity index (χ1) is 20.7. The fourth-order valence-electron chi connectivity index (χ4n) is 3.33. The molecule has 0 saturated carbocycles. The number of nitrogen functional groups attached to an aromatic ring is 1. The Morgan fingerprint density at radius 1 is 0.605 bits per heavy atom. The first-order valence-electron chi connectivity index (χ1n) is 14.3. The molecule has 0 aliphatic carbocycles. The number of carbonyl (C=O) groups excluding carboxylic acids is 1. The van der Waals surface area contributed by atoms with Gasteiger partial charge in [-0.3, -0.25) is 0 Å². The van der Waals surface area contributed by atoms with Crippen LogP contribution in [0.4, 0.5) is 5.69 Å². The number of hydrogen-bond donors (Lipinski definition) is 1. The Bertz CT molecular complexity index is 996. The summed E-state index contributed by atoms with van der Waals surface area (Å²) in [6, 6.07) is 11.9. The highest BCUT2D eigenvalue weighted by Gasteiger charge is 2.17. The maximum Gasteiger partial charge on any atom is 0.338 e. The van der Waals surface area contributed by atoms with Crippen molar-refractivity contribution in [1.29, 1.82) is 0 Å². The minimum Gasteiger partial charge on any atom is -0.491 e.